The first-order valence-corrected chi connectivity index (χ1v) is 8.76. The van der Waals surface area contributed by atoms with E-state index in [2.05, 4.69) is 26.0 Å². The number of carbonyl (C=O) groups excluding carboxylic acids is 1. The number of benzene rings is 1. The van der Waals surface area contributed by atoms with Crippen molar-refractivity contribution in [2.24, 2.45) is 0 Å². The van der Waals surface area contributed by atoms with Crippen molar-refractivity contribution in [2.45, 2.75) is 59.3 Å². The summed E-state index contributed by atoms with van der Waals surface area (Å²) in [6.07, 6.45) is 10.1. The van der Waals surface area contributed by atoms with Gasteiger partial charge in [0.25, 0.3) is 0 Å². The maximum atomic E-state index is 11.7. The molecule has 1 aromatic heterocycles. The van der Waals surface area contributed by atoms with Crippen LogP contribution in [0.5, 0.6) is 0 Å². The maximum Gasteiger partial charge on any atom is 0.155 e. The van der Waals surface area contributed by atoms with Crippen LogP contribution in [0.15, 0.2) is 30.3 Å². The molecule has 0 aliphatic carbocycles. The van der Waals surface area contributed by atoms with Gasteiger partial charge in [0.1, 0.15) is 0 Å². The topological polar surface area (TPSA) is 30.0 Å². The maximum absolute atomic E-state index is 11.7. The fourth-order valence-corrected chi connectivity index (χ4v) is 2.88. The van der Waals surface area contributed by atoms with Crippen molar-refractivity contribution in [1.82, 2.24) is 4.98 Å². The lowest BCUT2D eigenvalue weighted by Crippen LogP contribution is -2.00. The summed E-state index contributed by atoms with van der Waals surface area (Å²) in [5.74, 6) is 0.162. The van der Waals surface area contributed by atoms with Crippen molar-refractivity contribution in [1.29, 1.82) is 0 Å². The second-order valence-corrected chi connectivity index (χ2v) is 6.08. The molecule has 0 amide bonds. The molecule has 2 aromatic rings. The Morgan fingerprint density at radius 1 is 1.13 bits per heavy atom. The standard InChI is InChI=1S/C21H27NO/c1-4-6-7-8-12-21-19(15-14-17(23)5-2)16(3)18-11-9-10-13-20(18)22-21/h9-11,13-15H,4-8,12H2,1-3H3/b15-14+. The Hall–Kier alpha value is -1.96. The van der Waals surface area contributed by atoms with Gasteiger partial charge in [-0.25, -0.2) is 0 Å². The van der Waals surface area contributed by atoms with E-state index in [1.165, 1.54) is 30.2 Å². The average Bonchev–Trinajstić information content (AvgIpc) is 2.58. The third-order valence-electron chi connectivity index (χ3n) is 4.33. The molecule has 0 N–H and O–H groups in total. The second-order valence-electron chi connectivity index (χ2n) is 6.08. The number of pyridine rings is 1. The quantitative estimate of drug-likeness (QED) is 0.465. The number of unbranched alkanes of at least 4 members (excludes halogenated alkanes) is 3. The molecule has 0 fully saturated rings. The minimum Gasteiger partial charge on any atom is -0.295 e. The summed E-state index contributed by atoms with van der Waals surface area (Å²) >= 11 is 0. The van der Waals surface area contributed by atoms with Crippen molar-refractivity contribution >= 4 is 22.8 Å². The van der Waals surface area contributed by atoms with Crippen LogP contribution in [0, 0.1) is 6.92 Å². The van der Waals surface area contributed by atoms with Crippen LogP contribution in [0.3, 0.4) is 0 Å². The Labute approximate surface area is 139 Å². The first kappa shape index (κ1) is 17.4. The number of rotatable bonds is 8. The SMILES string of the molecule is CCCCCCc1nc2ccccc2c(C)c1/C=C/C(=O)CC. The zero-order valence-electron chi connectivity index (χ0n) is 14.6. The third kappa shape index (κ3) is 4.51. The fraction of sp³-hybridized carbons (Fsp3) is 0.429. The number of hydrogen-bond acceptors (Lipinski definition) is 2. The van der Waals surface area contributed by atoms with Crippen LogP contribution in [0.1, 0.15) is 62.8 Å². The van der Waals surface area contributed by atoms with Gasteiger partial charge < -0.3 is 0 Å². The van der Waals surface area contributed by atoms with E-state index in [-0.39, 0.29) is 5.78 Å². The number of carbonyl (C=O) groups is 1. The number of ketones is 1. The zero-order valence-corrected chi connectivity index (χ0v) is 14.6. The molecule has 0 unspecified atom stereocenters. The van der Waals surface area contributed by atoms with Gasteiger partial charge in [-0.2, -0.15) is 0 Å². The number of aryl methyl sites for hydroxylation is 2. The molecule has 1 heterocycles. The molecular formula is C21H27NO. The highest BCUT2D eigenvalue weighted by atomic mass is 16.1. The van der Waals surface area contributed by atoms with Gasteiger partial charge in [-0.15, -0.1) is 0 Å². The van der Waals surface area contributed by atoms with E-state index < -0.39 is 0 Å². The summed E-state index contributed by atoms with van der Waals surface area (Å²) in [5.41, 5.74) is 4.52. The van der Waals surface area contributed by atoms with Gasteiger partial charge in [0, 0.05) is 17.5 Å². The number of aromatic nitrogens is 1. The van der Waals surface area contributed by atoms with Gasteiger partial charge in [0.15, 0.2) is 5.78 Å². The summed E-state index contributed by atoms with van der Waals surface area (Å²) < 4.78 is 0. The van der Waals surface area contributed by atoms with Gasteiger partial charge in [0.05, 0.1) is 5.52 Å². The van der Waals surface area contributed by atoms with Crippen LogP contribution in [0.2, 0.25) is 0 Å². The summed E-state index contributed by atoms with van der Waals surface area (Å²) in [6, 6.07) is 8.26. The fourth-order valence-electron chi connectivity index (χ4n) is 2.88. The number of para-hydroxylation sites is 1. The van der Waals surface area contributed by atoms with E-state index in [1.54, 1.807) is 6.08 Å². The Morgan fingerprint density at radius 3 is 2.65 bits per heavy atom. The van der Waals surface area contributed by atoms with Crippen molar-refractivity contribution in [3.63, 3.8) is 0 Å². The van der Waals surface area contributed by atoms with Gasteiger partial charge >= 0.3 is 0 Å². The van der Waals surface area contributed by atoms with Crippen LogP contribution in [-0.4, -0.2) is 10.8 Å². The van der Waals surface area contributed by atoms with E-state index in [0.717, 1.165) is 29.6 Å². The lowest BCUT2D eigenvalue weighted by molar-refractivity contribution is -0.114. The minimum absolute atomic E-state index is 0.162. The van der Waals surface area contributed by atoms with Crippen molar-refractivity contribution in [3.05, 3.63) is 47.2 Å². The van der Waals surface area contributed by atoms with Gasteiger partial charge in [-0.05, 0) is 49.1 Å². The molecular weight excluding hydrogens is 282 g/mol. The first-order chi connectivity index (χ1) is 11.2. The molecule has 2 nitrogen and oxygen atoms in total. The summed E-state index contributed by atoms with van der Waals surface area (Å²) in [4.78, 5) is 16.5. The highest BCUT2D eigenvalue weighted by molar-refractivity contribution is 5.95. The van der Waals surface area contributed by atoms with E-state index in [0.29, 0.717) is 6.42 Å². The monoisotopic (exact) mass is 309 g/mol. The van der Waals surface area contributed by atoms with Crippen LogP contribution in [0.4, 0.5) is 0 Å². The largest absolute Gasteiger partial charge is 0.295 e. The lowest BCUT2D eigenvalue weighted by Gasteiger charge is -2.12. The highest BCUT2D eigenvalue weighted by Crippen LogP contribution is 2.25. The number of allylic oxidation sites excluding steroid dienone is 1. The Bertz CT molecular complexity index is 700. The van der Waals surface area contributed by atoms with E-state index in [9.17, 15) is 4.79 Å². The molecule has 0 radical (unpaired) electrons. The Kier molecular flexibility index (Phi) is 6.52. The van der Waals surface area contributed by atoms with Crippen LogP contribution in [0.25, 0.3) is 17.0 Å². The molecule has 2 heteroatoms. The normalized spacial score (nSPS) is 11.4. The number of nitrogens with zero attached hydrogens (tertiary/aromatic N) is 1. The molecule has 1 aromatic carbocycles. The Morgan fingerprint density at radius 2 is 1.91 bits per heavy atom. The molecule has 0 aliphatic heterocycles. The third-order valence-corrected chi connectivity index (χ3v) is 4.33. The molecule has 122 valence electrons. The van der Waals surface area contributed by atoms with Gasteiger partial charge in [-0.1, -0.05) is 51.3 Å². The average molecular weight is 309 g/mol. The molecule has 0 saturated heterocycles. The Balaban J connectivity index is 2.39. The molecule has 0 spiro atoms. The predicted octanol–water partition coefficient (Wildman–Crippen LogP) is 5.66. The van der Waals surface area contributed by atoms with Gasteiger partial charge in [-0.3, -0.25) is 9.78 Å². The summed E-state index contributed by atoms with van der Waals surface area (Å²) in [7, 11) is 0. The lowest BCUT2D eigenvalue weighted by atomic mass is 9.97. The molecule has 2 rings (SSSR count). The smallest absolute Gasteiger partial charge is 0.155 e. The second kappa shape index (κ2) is 8.61. The number of hydrogen-bond donors (Lipinski definition) is 0. The molecule has 23 heavy (non-hydrogen) atoms. The molecule has 0 aliphatic rings. The number of fused-ring (bicyclic) bond motifs is 1. The molecule has 0 bridgehead atoms. The highest BCUT2D eigenvalue weighted by Gasteiger charge is 2.10. The van der Waals surface area contributed by atoms with Crippen molar-refractivity contribution in [3.8, 4) is 0 Å². The van der Waals surface area contributed by atoms with Gasteiger partial charge in [0.2, 0.25) is 0 Å². The molecule has 0 saturated carbocycles. The van der Waals surface area contributed by atoms with E-state index in [1.807, 2.05) is 25.1 Å². The van der Waals surface area contributed by atoms with Crippen molar-refractivity contribution < 1.29 is 4.79 Å². The van der Waals surface area contributed by atoms with E-state index in [4.69, 9.17) is 4.98 Å². The minimum atomic E-state index is 0.162. The van der Waals surface area contributed by atoms with Crippen LogP contribution >= 0.6 is 0 Å². The zero-order chi connectivity index (χ0) is 16.7. The summed E-state index contributed by atoms with van der Waals surface area (Å²) in [6.45, 7) is 6.25. The molecule has 0 atom stereocenters. The first-order valence-electron chi connectivity index (χ1n) is 8.76. The van der Waals surface area contributed by atoms with E-state index >= 15 is 0 Å². The van der Waals surface area contributed by atoms with Crippen LogP contribution in [-0.2, 0) is 11.2 Å². The predicted molar refractivity (Wildman–Crippen MR) is 98.7 cm³/mol. The van der Waals surface area contributed by atoms with Crippen molar-refractivity contribution in [2.75, 3.05) is 0 Å². The van der Waals surface area contributed by atoms with Crippen LogP contribution < -0.4 is 0 Å². The summed E-state index contributed by atoms with van der Waals surface area (Å²) in [5, 5.41) is 1.17.